The van der Waals surface area contributed by atoms with Gasteiger partial charge < -0.3 is 0 Å². The molecule has 0 unspecified atom stereocenters. The molecule has 1 aromatic rings. The molecule has 0 amide bonds. The van der Waals surface area contributed by atoms with Gasteiger partial charge in [0.1, 0.15) is 0 Å². The quantitative estimate of drug-likeness (QED) is 0.605. The number of anilines is 1. The largest absolute Gasteiger partial charge is 0.324 e. The average Bonchev–Trinajstić information content (AvgIpc) is 2.25. The highest BCUT2D eigenvalue weighted by Gasteiger charge is 2.36. The van der Waals surface area contributed by atoms with Gasteiger partial charge in [-0.3, -0.25) is 0 Å². The number of nitrogens with zero attached hydrogens (tertiary/aromatic N) is 1. The number of benzene rings is 1. The summed E-state index contributed by atoms with van der Waals surface area (Å²) in [4.78, 5) is 0. The third kappa shape index (κ3) is 4.19. The number of alkyl halides is 3. The maximum absolute atomic E-state index is 13.3. The molecule has 0 aliphatic heterocycles. The van der Waals surface area contributed by atoms with Crippen LogP contribution in [-0.2, 0) is 10.0 Å². The summed E-state index contributed by atoms with van der Waals surface area (Å²) in [6.45, 7) is 2.99. The second-order valence-electron chi connectivity index (χ2n) is 3.69. The fourth-order valence-corrected chi connectivity index (χ4v) is 4.20. The van der Waals surface area contributed by atoms with Crippen molar-refractivity contribution in [3.05, 3.63) is 30.3 Å². The molecule has 0 fully saturated rings. The minimum absolute atomic E-state index is 0.200. The van der Waals surface area contributed by atoms with Crippen molar-refractivity contribution in [3.63, 3.8) is 0 Å². The summed E-state index contributed by atoms with van der Waals surface area (Å²) in [5.74, 6) is 0. The van der Waals surface area contributed by atoms with E-state index in [9.17, 15) is 12.8 Å². The van der Waals surface area contributed by atoms with E-state index < -0.39 is 19.2 Å². The predicted octanol–water partition coefficient (Wildman–Crippen LogP) is 3.94. The van der Waals surface area contributed by atoms with Crippen LogP contribution in [0, 0.1) is 0 Å². The minimum atomic E-state index is -3.74. The summed E-state index contributed by atoms with van der Waals surface area (Å²) >= 11 is 10.7. The Bertz CT molecular complexity index is 488. The minimum Gasteiger partial charge on any atom is -0.206 e. The number of sulfonamides is 1. The lowest BCUT2D eigenvalue weighted by molar-refractivity contribution is 0.515. The SMILES string of the molecule is CC(C)S(=O)(=O)N(SC(F)(Cl)Cl)c1ccccc1. The van der Waals surface area contributed by atoms with Crippen LogP contribution >= 0.6 is 35.1 Å². The maximum Gasteiger partial charge on any atom is 0.324 e. The molecular formula is C10H12Cl2FNO2S2. The van der Waals surface area contributed by atoms with Crippen molar-refractivity contribution < 1.29 is 12.8 Å². The highest BCUT2D eigenvalue weighted by atomic mass is 35.5. The molecule has 1 rings (SSSR count). The van der Waals surface area contributed by atoms with Crippen LogP contribution in [0.25, 0.3) is 0 Å². The molecule has 102 valence electrons. The first kappa shape index (κ1) is 15.9. The van der Waals surface area contributed by atoms with Gasteiger partial charge in [0.05, 0.1) is 10.9 Å². The Morgan fingerprint density at radius 2 is 1.78 bits per heavy atom. The highest BCUT2D eigenvalue weighted by molar-refractivity contribution is 8.16. The highest BCUT2D eigenvalue weighted by Crippen LogP contribution is 2.42. The molecule has 0 saturated carbocycles. The number of hydrogen-bond acceptors (Lipinski definition) is 3. The molecule has 0 aliphatic rings. The van der Waals surface area contributed by atoms with Gasteiger partial charge in [0.25, 0.3) is 0 Å². The van der Waals surface area contributed by atoms with E-state index in [1.807, 2.05) is 0 Å². The first-order valence-corrected chi connectivity index (χ1v) is 8.03. The number of halogens is 3. The van der Waals surface area contributed by atoms with Crippen molar-refractivity contribution in [2.24, 2.45) is 0 Å². The summed E-state index contributed by atoms with van der Waals surface area (Å²) in [5.41, 5.74) is 0.291. The van der Waals surface area contributed by atoms with E-state index in [4.69, 9.17) is 23.2 Å². The first-order valence-electron chi connectivity index (χ1n) is 4.99. The van der Waals surface area contributed by atoms with Crippen LogP contribution in [0.3, 0.4) is 0 Å². The molecule has 0 N–H and O–H groups in total. The van der Waals surface area contributed by atoms with Crippen LogP contribution in [0.4, 0.5) is 10.1 Å². The molecule has 0 radical (unpaired) electrons. The smallest absolute Gasteiger partial charge is 0.206 e. The van der Waals surface area contributed by atoms with Crippen molar-refractivity contribution >= 4 is 50.9 Å². The molecule has 1 aromatic carbocycles. The normalized spacial score (nSPS) is 12.8. The van der Waals surface area contributed by atoms with Gasteiger partial charge >= 0.3 is 3.92 Å². The van der Waals surface area contributed by atoms with Gasteiger partial charge in [-0.25, -0.2) is 12.1 Å². The van der Waals surface area contributed by atoms with Gasteiger partial charge in [-0.2, -0.15) is 4.39 Å². The number of rotatable bonds is 5. The molecule has 18 heavy (non-hydrogen) atoms. The zero-order chi connectivity index (χ0) is 14.0. The molecule has 0 aliphatic carbocycles. The molecule has 0 heterocycles. The fourth-order valence-electron chi connectivity index (χ4n) is 1.09. The van der Waals surface area contributed by atoms with Crippen molar-refractivity contribution in [2.45, 2.75) is 23.0 Å². The molecule has 0 atom stereocenters. The summed E-state index contributed by atoms with van der Waals surface area (Å²) in [7, 11) is -3.74. The Morgan fingerprint density at radius 1 is 1.28 bits per heavy atom. The molecule has 3 nitrogen and oxygen atoms in total. The van der Waals surface area contributed by atoms with E-state index in [0.29, 0.717) is 5.69 Å². The Labute approximate surface area is 120 Å². The van der Waals surface area contributed by atoms with Gasteiger partial charge in [-0.1, -0.05) is 41.4 Å². The lowest BCUT2D eigenvalue weighted by Crippen LogP contribution is -2.33. The van der Waals surface area contributed by atoms with Crippen LogP contribution in [0.2, 0.25) is 0 Å². The van der Waals surface area contributed by atoms with E-state index >= 15 is 0 Å². The molecule has 8 heteroatoms. The van der Waals surface area contributed by atoms with Crippen LogP contribution in [-0.4, -0.2) is 17.6 Å². The summed E-state index contributed by atoms with van der Waals surface area (Å²) in [6.07, 6.45) is 0. The molecule has 0 aromatic heterocycles. The summed E-state index contributed by atoms with van der Waals surface area (Å²) < 4.78 is 35.6. The van der Waals surface area contributed by atoms with Crippen molar-refractivity contribution in [2.75, 3.05) is 3.71 Å². The predicted molar refractivity (Wildman–Crippen MR) is 76.1 cm³/mol. The van der Waals surface area contributed by atoms with Gasteiger partial charge in [0, 0.05) is 11.9 Å². The zero-order valence-corrected chi connectivity index (χ0v) is 12.8. The van der Waals surface area contributed by atoms with Crippen LogP contribution in [0.5, 0.6) is 0 Å². The van der Waals surface area contributed by atoms with Gasteiger partial charge in [-0.15, -0.1) is 0 Å². The van der Waals surface area contributed by atoms with E-state index in [1.165, 1.54) is 26.0 Å². The molecule has 0 spiro atoms. The van der Waals surface area contributed by atoms with Crippen molar-refractivity contribution in [3.8, 4) is 0 Å². The summed E-state index contributed by atoms with van der Waals surface area (Å²) in [6, 6.07) is 8.07. The van der Waals surface area contributed by atoms with Crippen molar-refractivity contribution in [1.82, 2.24) is 0 Å². The van der Waals surface area contributed by atoms with Crippen LogP contribution in [0.1, 0.15) is 13.8 Å². The second kappa shape index (κ2) is 5.86. The van der Waals surface area contributed by atoms with Gasteiger partial charge in [0.15, 0.2) is 0 Å². The van der Waals surface area contributed by atoms with Crippen LogP contribution in [0.15, 0.2) is 30.3 Å². The zero-order valence-electron chi connectivity index (χ0n) is 9.68. The Hall–Kier alpha value is -0.170. The van der Waals surface area contributed by atoms with E-state index in [0.717, 1.165) is 3.71 Å². The Balaban J connectivity index is 3.21. The second-order valence-corrected chi connectivity index (χ2v) is 9.06. The number of para-hydroxylation sites is 1. The summed E-state index contributed by atoms with van der Waals surface area (Å²) in [5, 5.41) is -0.721. The van der Waals surface area contributed by atoms with Gasteiger partial charge in [0.2, 0.25) is 10.0 Å². The topological polar surface area (TPSA) is 37.4 Å². The first-order chi connectivity index (χ1) is 8.14. The molecule has 0 bridgehead atoms. The molecular weight excluding hydrogens is 320 g/mol. The van der Waals surface area contributed by atoms with Crippen molar-refractivity contribution in [1.29, 1.82) is 0 Å². The lowest BCUT2D eigenvalue weighted by atomic mass is 10.3. The Kier molecular flexibility index (Phi) is 5.17. The monoisotopic (exact) mass is 331 g/mol. The van der Waals surface area contributed by atoms with E-state index in [-0.39, 0.29) is 11.9 Å². The molecule has 0 saturated heterocycles. The maximum atomic E-state index is 13.3. The average molecular weight is 332 g/mol. The third-order valence-electron chi connectivity index (χ3n) is 1.98. The Morgan fingerprint density at radius 3 is 2.17 bits per heavy atom. The van der Waals surface area contributed by atoms with Gasteiger partial charge in [-0.05, 0) is 26.0 Å². The third-order valence-corrected chi connectivity index (χ3v) is 5.69. The van der Waals surface area contributed by atoms with E-state index in [1.54, 1.807) is 18.2 Å². The number of hydrogen-bond donors (Lipinski definition) is 0. The fraction of sp³-hybridized carbons (Fsp3) is 0.400. The van der Waals surface area contributed by atoms with E-state index in [2.05, 4.69) is 0 Å². The lowest BCUT2D eigenvalue weighted by Gasteiger charge is -2.26. The van der Waals surface area contributed by atoms with Crippen LogP contribution < -0.4 is 3.71 Å². The standard InChI is InChI=1S/C10H12Cl2FNO2S2/c1-8(2)18(15,16)14(17-10(11,12)13)9-6-4-3-5-7-9/h3-8H,1-2H3.